The van der Waals surface area contributed by atoms with Gasteiger partial charge in [0, 0.05) is 18.8 Å². The molecule has 0 spiro atoms. The van der Waals surface area contributed by atoms with Crippen molar-refractivity contribution in [2.24, 2.45) is 0 Å². The average Bonchev–Trinajstić information content (AvgIpc) is 3.19. The highest BCUT2D eigenvalue weighted by molar-refractivity contribution is 7.19. The van der Waals surface area contributed by atoms with Crippen molar-refractivity contribution in [3.8, 4) is 22.2 Å². The van der Waals surface area contributed by atoms with Crippen molar-refractivity contribution in [1.82, 2.24) is 15.0 Å². The van der Waals surface area contributed by atoms with E-state index >= 15 is 0 Å². The summed E-state index contributed by atoms with van der Waals surface area (Å²) in [5, 5.41) is 3.10. The van der Waals surface area contributed by atoms with Gasteiger partial charge in [0.2, 0.25) is 11.8 Å². The van der Waals surface area contributed by atoms with Gasteiger partial charge in [-0.3, -0.25) is 0 Å². The number of aryl methyl sites for hydroxylation is 1. The highest BCUT2D eigenvalue weighted by Crippen LogP contribution is 2.36. The van der Waals surface area contributed by atoms with Crippen molar-refractivity contribution in [2.45, 2.75) is 58.1 Å². The van der Waals surface area contributed by atoms with Crippen LogP contribution >= 0.6 is 22.9 Å². The predicted molar refractivity (Wildman–Crippen MR) is 126 cm³/mol. The number of hydrogen-bond donors (Lipinski definition) is 1. The minimum atomic E-state index is -2.57. The zero-order valence-corrected chi connectivity index (χ0v) is 19.8. The fourth-order valence-electron chi connectivity index (χ4n) is 3.74. The van der Waals surface area contributed by atoms with Crippen molar-refractivity contribution < 1.29 is 18.3 Å². The first kappa shape index (κ1) is 23.6. The van der Waals surface area contributed by atoms with Crippen LogP contribution in [0.25, 0.3) is 10.6 Å². The number of thiophene rings is 1. The molecule has 1 aliphatic carbocycles. The maximum Gasteiger partial charge on any atom is 0.272 e. The third-order valence-corrected chi connectivity index (χ3v) is 6.65. The maximum absolute atomic E-state index is 12.4. The van der Waals surface area contributed by atoms with Gasteiger partial charge in [0.25, 0.3) is 6.43 Å². The summed E-state index contributed by atoms with van der Waals surface area (Å²) >= 11 is 7.75. The lowest BCUT2D eigenvalue weighted by Crippen LogP contribution is -2.20. The minimum absolute atomic E-state index is 0.0854. The number of alkyl halides is 2. The third-order valence-electron chi connectivity index (χ3n) is 5.32. The fourth-order valence-corrected chi connectivity index (χ4v) is 4.98. The van der Waals surface area contributed by atoms with Crippen molar-refractivity contribution in [1.29, 1.82) is 0 Å². The lowest BCUT2D eigenvalue weighted by atomic mass is 9.98. The van der Waals surface area contributed by atoms with Gasteiger partial charge in [-0.05, 0) is 56.4 Å². The molecule has 0 unspecified atom stereocenters. The van der Waals surface area contributed by atoms with Crippen LogP contribution in [0.5, 0.6) is 11.6 Å². The molecule has 3 heterocycles. The molecule has 6 nitrogen and oxygen atoms in total. The molecule has 1 N–H and O–H groups in total. The number of halogens is 3. The van der Waals surface area contributed by atoms with Crippen LogP contribution in [0.15, 0.2) is 30.5 Å². The minimum Gasteiger partial charge on any atom is -0.489 e. The van der Waals surface area contributed by atoms with E-state index in [4.69, 9.17) is 26.1 Å². The number of nitrogens with zero attached hydrogens (tertiary/aromatic N) is 3. The third kappa shape index (κ3) is 6.51. The molecule has 1 saturated carbocycles. The van der Waals surface area contributed by atoms with Gasteiger partial charge in [-0.15, -0.1) is 11.3 Å². The standard InChI is InChI=1S/C23H25ClF2N4O2S/c1-14-18(32-16-5-3-2-4-6-16)8-7-17(29-14)22-15(11-19(24)33-22)12-28-23-27-10-9-21(30-23)31-13-20(25)26/h7-11,16,20H,2-6,12-13H2,1H3,(H,27,28,30). The summed E-state index contributed by atoms with van der Waals surface area (Å²) in [5.41, 5.74) is 2.58. The van der Waals surface area contributed by atoms with E-state index in [0.29, 0.717) is 10.9 Å². The molecule has 0 aromatic carbocycles. The van der Waals surface area contributed by atoms with Gasteiger partial charge in [0.15, 0.2) is 6.61 Å². The normalized spacial score (nSPS) is 14.5. The van der Waals surface area contributed by atoms with E-state index in [1.54, 1.807) is 0 Å². The van der Waals surface area contributed by atoms with Crippen LogP contribution in [0.2, 0.25) is 4.34 Å². The first-order chi connectivity index (χ1) is 16.0. The number of aromatic nitrogens is 3. The van der Waals surface area contributed by atoms with Crippen molar-refractivity contribution in [3.05, 3.63) is 46.1 Å². The Morgan fingerprint density at radius 1 is 1.18 bits per heavy atom. The molecule has 0 amide bonds. The molecule has 3 aromatic rings. The molecule has 1 aliphatic rings. The van der Waals surface area contributed by atoms with Crippen LogP contribution in [-0.2, 0) is 6.54 Å². The molecule has 0 radical (unpaired) electrons. The highest BCUT2D eigenvalue weighted by Gasteiger charge is 2.18. The van der Waals surface area contributed by atoms with Gasteiger partial charge >= 0.3 is 0 Å². The van der Waals surface area contributed by atoms with Crippen molar-refractivity contribution in [2.75, 3.05) is 11.9 Å². The van der Waals surface area contributed by atoms with Crippen molar-refractivity contribution in [3.63, 3.8) is 0 Å². The monoisotopic (exact) mass is 494 g/mol. The Bertz CT molecular complexity index is 1080. The van der Waals surface area contributed by atoms with Crippen LogP contribution in [0.4, 0.5) is 14.7 Å². The quantitative estimate of drug-likeness (QED) is 0.364. The lowest BCUT2D eigenvalue weighted by molar-refractivity contribution is 0.0796. The van der Waals surface area contributed by atoms with Gasteiger partial charge < -0.3 is 14.8 Å². The van der Waals surface area contributed by atoms with E-state index in [1.807, 2.05) is 25.1 Å². The van der Waals surface area contributed by atoms with E-state index in [9.17, 15) is 8.78 Å². The number of anilines is 1. The molecule has 0 bridgehead atoms. The number of nitrogens with one attached hydrogen (secondary N) is 1. The molecule has 176 valence electrons. The molecule has 33 heavy (non-hydrogen) atoms. The summed E-state index contributed by atoms with van der Waals surface area (Å²) in [6.07, 6.45) is 5.04. The molecule has 0 aliphatic heterocycles. The van der Waals surface area contributed by atoms with Crippen LogP contribution in [0.3, 0.4) is 0 Å². The lowest BCUT2D eigenvalue weighted by Gasteiger charge is -2.23. The second-order valence-electron chi connectivity index (χ2n) is 7.84. The first-order valence-corrected chi connectivity index (χ1v) is 12.1. The molecular formula is C23H25ClF2N4O2S. The van der Waals surface area contributed by atoms with E-state index < -0.39 is 13.0 Å². The Morgan fingerprint density at radius 2 is 2.00 bits per heavy atom. The average molecular weight is 495 g/mol. The van der Waals surface area contributed by atoms with Gasteiger partial charge in [0.05, 0.1) is 26.7 Å². The molecular weight excluding hydrogens is 470 g/mol. The predicted octanol–water partition coefficient (Wildman–Crippen LogP) is 6.53. The highest BCUT2D eigenvalue weighted by atomic mass is 35.5. The molecule has 10 heteroatoms. The molecule has 0 atom stereocenters. The Balaban J connectivity index is 1.45. The Labute approximate surface area is 200 Å². The van der Waals surface area contributed by atoms with Crippen LogP contribution in [-0.4, -0.2) is 34.1 Å². The fraction of sp³-hybridized carbons (Fsp3) is 0.435. The molecule has 3 aromatic heterocycles. The van der Waals surface area contributed by atoms with E-state index in [2.05, 4.69) is 15.3 Å². The molecule has 0 saturated heterocycles. The van der Waals surface area contributed by atoms with Crippen molar-refractivity contribution >= 4 is 28.9 Å². The summed E-state index contributed by atoms with van der Waals surface area (Å²) in [6.45, 7) is 1.62. The number of pyridine rings is 1. The molecule has 1 fully saturated rings. The van der Waals surface area contributed by atoms with Crippen LogP contribution in [0, 0.1) is 6.92 Å². The topological polar surface area (TPSA) is 69.2 Å². The second kappa shape index (κ2) is 11.1. The van der Waals surface area contributed by atoms with Gasteiger partial charge in [0.1, 0.15) is 5.75 Å². The largest absolute Gasteiger partial charge is 0.489 e. The second-order valence-corrected chi connectivity index (χ2v) is 9.52. The van der Waals surface area contributed by atoms with E-state index in [-0.39, 0.29) is 17.9 Å². The number of ether oxygens (including phenoxy) is 2. The number of rotatable bonds is 9. The summed E-state index contributed by atoms with van der Waals surface area (Å²) in [4.78, 5) is 13.9. The Kier molecular flexibility index (Phi) is 7.93. The summed E-state index contributed by atoms with van der Waals surface area (Å²) in [6, 6.07) is 7.23. The van der Waals surface area contributed by atoms with Gasteiger partial charge in [-0.2, -0.15) is 4.98 Å². The summed E-state index contributed by atoms with van der Waals surface area (Å²) in [5.74, 6) is 1.18. The van der Waals surface area contributed by atoms with Crippen LogP contribution < -0.4 is 14.8 Å². The van der Waals surface area contributed by atoms with Crippen LogP contribution in [0.1, 0.15) is 43.4 Å². The first-order valence-electron chi connectivity index (χ1n) is 10.9. The van der Waals surface area contributed by atoms with Gasteiger partial charge in [-0.1, -0.05) is 18.0 Å². The Hall–Kier alpha value is -2.52. The smallest absolute Gasteiger partial charge is 0.272 e. The zero-order chi connectivity index (χ0) is 23.2. The maximum atomic E-state index is 12.4. The molecule has 4 rings (SSSR count). The summed E-state index contributed by atoms with van der Waals surface area (Å²) < 4.78 is 36.5. The zero-order valence-electron chi connectivity index (χ0n) is 18.2. The van der Waals surface area contributed by atoms with E-state index in [0.717, 1.165) is 40.4 Å². The SMILES string of the molecule is Cc1nc(-c2sc(Cl)cc2CNc2nccc(OCC(F)F)n2)ccc1OC1CCCCC1. The van der Waals surface area contributed by atoms with E-state index in [1.165, 1.54) is 42.9 Å². The Morgan fingerprint density at radius 3 is 2.76 bits per heavy atom. The number of hydrogen-bond acceptors (Lipinski definition) is 7. The summed E-state index contributed by atoms with van der Waals surface area (Å²) in [7, 11) is 0. The van der Waals surface area contributed by atoms with Gasteiger partial charge in [-0.25, -0.2) is 18.7 Å².